The molecule has 1 aliphatic carbocycles. The quantitative estimate of drug-likeness (QED) is 0.368. The summed E-state index contributed by atoms with van der Waals surface area (Å²) in [6.07, 6.45) is -4.98. The Hall–Kier alpha value is -2.97. The number of rotatable bonds is 6. The molecule has 0 atom stereocenters. The second kappa shape index (κ2) is 10.2. The number of fused-ring (bicyclic) bond motifs is 1. The van der Waals surface area contributed by atoms with Crippen molar-refractivity contribution in [2.75, 3.05) is 25.0 Å². The molecule has 2 fully saturated rings. The van der Waals surface area contributed by atoms with Gasteiger partial charge in [-0.1, -0.05) is 0 Å². The van der Waals surface area contributed by atoms with Crippen LogP contribution in [0.5, 0.6) is 0 Å². The Bertz CT molecular complexity index is 1330. The molecule has 1 saturated carbocycles. The number of hydrogen-bond acceptors (Lipinski definition) is 7. The molecule has 3 heterocycles. The molecule has 39 heavy (non-hydrogen) atoms. The Morgan fingerprint density at radius 3 is 2.44 bits per heavy atom. The predicted molar refractivity (Wildman–Crippen MR) is 132 cm³/mol. The molecule has 14 heteroatoms. The highest BCUT2D eigenvalue weighted by Crippen LogP contribution is 2.41. The second-order valence-electron chi connectivity index (χ2n) is 9.98. The minimum absolute atomic E-state index is 0.154. The van der Waals surface area contributed by atoms with Crippen molar-refractivity contribution in [1.82, 2.24) is 20.2 Å². The third-order valence-corrected chi connectivity index (χ3v) is 8.30. The molecule has 210 valence electrons. The summed E-state index contributed by atoms with van der Waals surface area (Å²) in [4.78, 5) is 23.1. The first kappa shape index (κ1) is 27.6. The van der Waals surface area contributed by atoms with Crippen molar-refractivity contribution in [3.05, 3.63) is 52.1 Å². The van der Waals surface area contributed by atoms with Crippen molar-refractivity contribution in [2.45, 2.75) is 55.7 Å². The van der Waals surface area contributed by atoms with E-state index in [0.717, 1.165) is 23.8 Å². The van der Waals surface area contributed by atoms with E-state index < -0.39 is 41.7 Å². The van der Waals surface area contributed by atoms with E-state index in [1.165, 1.54) is 11.3 Å². The third kappa shape index (κ3) is 5.97. The monoisotopic (exact) mass is 573 g/mol. The van der Waals surface area contributed by atoms with Crippen molar-refractivity contribution < 1.29 is 36.2 Å². The number of halogens is 6. The van der Waals surface area contributed by atoms with Gasteiger partial charge in [-0.2, -0.15) is 26.3 Å². The SMILES string of the molecule is O=C(CNc1cc(C(F)(F)F)nc2ccc(C(F)(F)F)cc12)NC1CN([C@H]2CC[C@](O)(c3cncs3)CC2)C1. The lowest BCUT2D eigenvalue weighted by atomic mass is 9.80. The second-order valence-corrected chi connectivity index (χ2v) is 10.9. The standard InChI is InChI=1S/C25H25F6N5O2S/c26-24(27,28)14-1-2-18-17(7-14)19(8-20(35-18)25(29,30)31)33-10-22(37)34-15-11-36(12-15)16-3-5-23(38,6-4-16)21-9-32-13-39-21/h1-2,7-9,13,15-16,38H,3-6,10-12H2,(H,33,35)(H,34,37)/t16-,23+. The van der Waals surface area contributed by atoms with Crippen LogP contribution in [-0.2, 0) is 22.7 Å². The molecule has 1 aliphatic heterocycles. The van der Waals surface area contributed by atoms with Gasteiger partial charge in [-0.15, -0.1) is 11.3 Å². The predicted octanol–water partition coefficient (Wildman–Crippen LogP) is 4.77. The zero-order valence-corrected chi connectivity index (χ0v) is 21.3. The molecule has 1 aromatic carbocycles. The number of aliphatic hydroxyl groups is 1. The Labute approximate surface area is 223 Å². The van der Waals surface area contributed by atoms with Crippen molar-refractivity contribution in [2.24, 2.45) is 0 Å². The minimum atomic E-state index is -4.82. The molecule has 1 saturated heterocycles. The average molecular weight is 574 g/mol. The number of benzene rings is 1. The number of nitrogens with zero attached hydrogens (tertiary/aromatic N) is 3. The van der Waals surface area contributed by atoms with Gasteiger partial charge in [0.15, 0.2) is 0 Å². The van der Waals surface area contributed by atoms with Gasteiger partial charge in [-0.05, 0) is 49.9 Å². The van der Waals surface area contributed by atoms with Gasteiger partial charge < -0.3 is 15.7 Å². The average Bonchev–Trinajstić information content (AvgIpc) is 3.40. The van der Waals surface area contributed by atoms with E-state index in [4.69, 9.17) is 0 Å². The van der Waals surface area contributed by atoms with Crippen LogP contribution in [0.1, 0.15) is 41.8 Å². The van der Waals surface area contributed by atoms with Gasteiger partial charge in [0, 0.05) is 36.4 Å². The number of thiazole rings is 1. The number of amides is 1. The third-order valence-electron chi connectivity index (χ3n) is 7.33. The van der Waals surface area contributed by atoms with E-state index >= 15 is 0 Å². The van der Waals surface area contributed by atoms with Crippen LogP contribution in [0, 0.1) is 0 Å². The summed E-state index contributed by atoms with van der Waals surface area (Å²) in [5.41, 5.74) is -2.01. The van der Waals surface area contributed by atoms with Gasteiger partial charge in [0.2, 0.25) is 5.91 Å². The first-order chi connectivity index (χ1) is 18.3. The van der Waals surface area contributed by atoms with Crippen LogP contribution in [0.4, 0.5) is 32.0 Å². The summed E-state index contributed by atoms with van der Waals surface area (Å²) in [7, 11) is 0. The smallest absolute Gasteiger partial charge is 0.384 e. The number of aromatic nitrogens is 2. The highest BCUT2D eigenvalue weighted by atomic mass is 32.1. The number of nitrogens with one attached hydrogen (secondary N) is 2. The van der Waals surface area contributed by atoms with E-state index in [1.54, 1.807) is 11.7 Å². The highest BCUT2D eigenvalue weighted by Gasteiger charge is 2.41. The Balaban J connectivity index is 1.17. The fraction of sp³-hybridized carbons (Fsp3) is 0.480. The first-order valence-electron chi connectivity index (χ1n) is 12.3. The summed E-state index contributed by atoms with van der Waals surface area (Å²) in [5.74, 6) is -0.492. The normalized spacial score (nSPS) is 23.0. The molecule has 5 rings (SSSR count). The zero-order chi connectivity index (χ0) is 28.0. The number of likely N-dealkylation sites (tertiary alicyclic amines) is 1. The van der Waals surface area contributed by atoms with Crippen LogP contribution in [0.3, 0.4) is 0 Å². The number of pyridine rings is 1. The Kier molecular flexibility index (Phi) is 7.22. The van der Waals surface area contributed by atoms with Crippen molar-refractivity contribution >= 4 is 33.8 Å². The molecule has 3 N–H and O–H groups in total. The maximum atomic E-state index is 13.3. The molecule has 0 radical (unpaired) electrons. The summed E-state index contributed by atoms with van der Waals surface area (Å²) in [6.45, 7) is 0.774. The first-order valence-corrected chi connectivity index (χ1v) is 13.2. The van der Waals surface area contributed by atoms with Crippen molar-refractivity contribution in [3.63, 3.8) is 0 Å². The number of alkyl halides is 6. The topological polar surface area (TPSA) is 90.4 Å². The van der Waals surface area contributed by atoms with Crippen LogP contribution in [0.15, 0.2) is 36.0 Å². The summed E-state index contributed by atoms with van der Waals surface area (Å²) >= 11 is 1.43. The van der Waals surface area contributed by atoms with Crippen LogP contribution in [0.2, 0.25) is 0 Å². The largest absolute Gasteiger partial charge is 0.433 e. The van der Waals surface area contributed by atoms with Gasteiger partial charge in [-0.3, -0.25) is 14.7 Å². The Morgan fingerprint density at radius 2 is 1.82 bits per heavy atom. The van der Waals surface area contributed by atoms with Gasteiger partial charge in [-0.25, -0.2) is 4.98 Å². The molecular formula is C25H25F6N5O2S. The van der Waals surface area contributed by atoms with Crippen LogP contribution in [-0.4, -0.2) is 57.6 Å². The van der Waals surface area contributed by atoms with Gasteiger partial charge in [0.1, 0.15) is 11.3 Å². The molecule has 1 amide bonds. The maximum absolute atomic E-state index is 13.3. The highest BCUT2D eigenvalue weighted by molar-refractivity contribution is 7.09. The van der Waals surface area contributed by atoms with Crippen molar-refractivity contribution in [1.29, 1.82) is 0 Å². The van der Waals surface area contributed by atoms with Crippen LogP contribution < -0.4 is 10.6 Å². The fourth-order valence-electron chi connectivity index (χ4n) is 5.19. The zero-order valence-electron chi connectivity index (χ0n) is 20.4. The number of anilines is 1. The van der Waals surface area contributed by atoms with Crippen molar-refractivity contribution in [3.8, 4) is 0 Å². The lowest BCUT2D eigenvalue weighted by Crippen LogP contribution is -2.63. The van der Waals surface area contributed by atoms with E-state index in [0.29, 0.717) is 44.1 Å². The van der Waals surface area contributed by atoms with Crippen LogP contribution >= 0.6 is 11.3 Å². The fourth-order valence-corrected chi connectivity index (χ4v) is 5.97. The van der Waals surface area contributed by atoms with Crippen LogP contribution in [0.25, 0.3) is 10.9 Å². The molecule has 0 bridgehead atoms. The minimum Gasteiger partial charge on any atom is -0.384 e. The summed E-state index contributed by atoms with van der Waals surface area (Å²) in [6, 6.07) is 2.99. The van der Waals surface area contributed by atoms with Gasteiger partial charge in [0.25, 0.3) is 0 Å². The molecule has 0 spiro atoms. The Morgan fingerprint density at radius 1 is 1.10 bits per heavy atom. The summed E-state index contributed by atoms with van der Waals surface area (Å²) < 4.78 is 79.5. The van der Waals surface area contributed by atoms with Gasteiger partial charge >= 0.3 is 12.4 Å². The number of carbonyl (C=O) groups excluding carboxylic acids is 1. The van der Waals surface area contributed by atoms with E-state index in [2.05, 4.69) is 25.5 Å². The van der Waals surface area contributed by atoms with E-state index in [1.807, 2.05) is 0 Å². The van der Waals surface area contributed by atoms with E-state index in [9.17, 15) is 36.2 Å². The van der Waals surface area contributed by atoms with Gasteiger partial charge in [0.05, 0.1) is 34.1 Å². The van der Waals surface area contributed by atoms with E-state index in [-0.39, 0.29) is 28.7 Å². The molecule has 7 nitrogen and oxygen atoms in total. The molecule has 3 aromatic rings. The molecule has 2 aliphatic rings. The lowest BCUT2D eigenvalue weighted by Gasteiger charge is -2.48. The maximum Gasteiger partial charge on any atom is 0.433 e. The molecule has 0 unspecified atom stereocenters. The molecular weight excluding hydrogens is 548 g/mol. The lowest BCUT2D eigenvalue weighted by molar-refractivity contribution is -0.141. The number of carbonyl (C=O) groups is 1. The summed E-state index contributed by atoms with van der Waals surface area (Å²) in [5, 5.41) is 16.1. The number of hydrogen-bond donors (Lipinski definition) is 3. The molecule has 2 aromatic heterocycles.